The van der Waals surface area contributed by atoms with Crippen LogP contribution in [-0.2, 0) is 14.8 Å². The molecule has 0 spiro atoms. The number of hydrogen-bond donors (Lipinski definition) is 2. The summed E-state index contributed by atoms with van der Waals surface area (Å²) in [6.07, 6.45) is 5.31. The first kappa shape index (κ1) is 13.3. The molecule has 3 unspecified atom stereocenters. The van der Waals surface area contributed by atoms with E-state index in [4.69, 9.17) is 10.5 Å². The summed E-state index contributed by atoms with van der Waals surface area (Å²) in [5, 5.41) is 0. The number of nitrogens with one attached hydrogen (secondary N) is 1. The molecular formula is C11H22N2O3S. The van der Waals surface area contributed by atoms with Crippen LogP contribution < -0.4 is 10.5 Å². The summed E-state index contributed by atoms with van der Waals surface area (Å²) >= 11 is 0. The number of rotatable bonds is 7. The Labute approximate surface area is 103 Å². The zero-order valence-electron chi connectivity index (χ0n) is 10.1. The molecule has 0 amide bonds. The van der Waals surface area contributed by atoms with Crippen LogP contribution >= 0.6 is 0 Å². The van der Waals surface area contributed by atoms with Gasteiger partial charge in [0.25, 0.3) is 0 Å². The van der Waals surface area contributed by atoms with Gasteiger partial charge in [0.15, 0.2) is 0 Å². The molecule has 2 rings (SSSR count). The third-order valence-corrected chi connectivity index (χ3v) is 5.10. The Balaban J connectivity index is 1.70. The first-order chi connectivity index (χ1) is 8.11. The molecule has 100 valence electrons. The molecule has 2 aliphatic rings. The highest BCUT2D eigenvalue weighted by Gasteiger charge is 2.40. The topological polar surface area (TPSA) is 81.4 Å². The molecule has 0 aromatic rings. The number of hydrogen-bond acceptors (Lipinski definition) is 4. The van der Waals surface area contributed by atoms with Crippen LogP contribution in [-0.4, -0.2) is 39.5 Å². The lowest BCUT2D eigenvalue weighted by Crippen LogP contribution is -2.35. The second kappa shape index (κ2) is 5.65. The lowest BCUT2D eigenvalue weighted by Gasteiger charge is -2.18. The number of unbranched alkanes of at least 4 members (excludes halogenated alkanes) is 1. The molecule has 0 aliphatic carbocycles. The Hall–Kier alpha value is -0.170. The highest BCUT2D eigenvalue weighted by atomic mass is 32.2. The van der Waals surface area contributed by atoms with Crippen molar-refractivity contribution in [3.63, 3.8) is 0 Å². The van der Waals surface area contributed by atoms with E-state index in [1.165, 1.54) is 0 Å². The average Bonchev–Trinajstić information content (AvgIpc) is 2.88. The summed E-state index contributed by atoms with van der Waals surface area (Å²) < 4.78 is 31.7. The fourth-order valence-electron chi connectivity index (χ4n) is 2.70. The van der Waals surface area contributed by atoms with Crippen LogP contribution in [0.3, 0.4) is 0 Å². The summed E-state index contributed by atoms with van der Waals surface area (Å²) in [5.74, 6) is 0.560. The van der Waals surface area contributed by atoms with Gasteiger partial charge in [-0.05, 0) is 38.6 Å². The van der Waals surface area contributed by atoms with Crippen LogP contribution in [0.4, 0.5) is 0 Å². The fourth-order valence-corrected chi connectivity index (χ4v) is 3.90. The average molecular weight is 262 g/mol. The zero-order valence-corrected chi connectivity index (χ0v) is 10.9. The SMILES string of the molecule is NCCCCS(=O)(=O)NCC1CC2CCC1O2. The van der Waals surface area contributed by atoms with E-state index in [0.717, 1.165) is 25.7 Å². The van der Waals surface area contributed by atoms with Crippen molar-refractivity contribution in [2.24, 2.45) is 11.7 Å². The summed E-state index contributed by atoms with van der Waals surface area (Å²) in [4.78, 5) is 0. The van der Waals surface area contributed by atoms with Crippen molar-refractivity contribution in [1.29, 1.82) is 0 Å². The second-order valence-electron chi connectivity index (χ2n) is 5.03. The van der Waals surface area contributed by atoms with E-state index in [2.05, 4.69) is 4.72 Å². The Bertz CT molecular complexity index is 345. The van der Waals surface area contributed by atoms with Crippen LogP contribution in [0.2, 0.25) is 0 Å². The molecule has 0 aromatic carbocycles. The number of sulfonamides is 1. The van der Waals surface area contributed by atoms with Crippen LogP contribution in [0, 0.1) is 5.92 Å². The lowest BCUT2D eigenvalue weighted by atomic mass is 9.89. The molecule has 0 radical (unpaired) electrons. The van der Waals surface area contributed by atoms with E-state index >= 15 is 0 Å². The maximum atomic E-state index is 11.7. The molecule has 2 fully saturated rings. The van der Waals surface area contributed by atoms with Crippen LogP contribution in [0.25, 0.3) is 0 Å². The minimum atomic E-state index is -3.12. The molecule has 2 bridgehead atoms. The van der Waals surface area contributed by atoms with Crippen molar-refractivity contribution in [2.45, 2.75) is 44.3 Å². The molecule has 3 atom stereocenters. The summed E-state index contributed by atoms with van der Waals surface area (Å²) in [6.45, 7) is 1.09. The Morgan fingerprint density at radius 1 is 1.29 bits per heavy atom. The Morgan fingerprint density at radius 2 is 2.12 bits per heavy atom. The van der Waals surface area contributed by atoms with Gasteiger partial charge in [0, 0.05) is 12.5 Å². The predicted octanol–water partition coefficient (Wildman–Crippen LogP) is 0.212. The maximum Gasteiger partial charge on any atom is 0.211 e. The standard InChI is InChI=1S/C11H22N2O3S/c12-5-1-2-6-17(14,15)13-8-9-7-10-3-4-11(9)16-10/h9-11,13H,1-8,12H2. The van der Waals surface area contributed by atoms with Gasteiger partial charge in [-0.3, -0.25) is 0 Å². The maximum absolute atomic E-state index is 11.7. The van der Waals surface area contributed by atoms with Crippen molar-refractivity contribution in [3.05, 3.63) is 0 Å². The zero-order chi connectivity index (χ0) is 12.3. The molecule has 2 heterocycles. The van der Waals surface area contributed by atoms with Gasteiger partial charge in [-0.2, -0.15) is 0 Å². The van der Waals surface area contributed by atoms with Crippen molar-refractivity contribution < 1.29 is 13.2 Å². The van der Waals surface area contributed by atoms with Gasteiger partial charge in [0.2, 0.25) is 10.0 Å². The third kappa shape index (κ3) is 3.64. The molecule has 6 heteroatoms. The summed E-state index contributed by atoms with van der Waals surface area (Å²) in [6, 6.07) is 0. The van der Waals surface area contributed by atoms with Gasteiger partial charge >= 0.3 is 0 Å². The molecule has 3 N–H and O–H groups in total. The van der Waals surface area contributed by atoms with Gasteiger partial charge in [-0.1, -0.05) is 0 Å². The van der Waals surface area contributed by atoms with E-state index in [-0.39, 0.29) is 11.9 Å². The number of nitrogens with two attached hydrogens (primary N) is 1. The van der Waals surface area contributed by atoms with Crippen molar-refractivity contribution in [1.82, 2.24) is 4.72 Å². The van der Waals surface area contributed by atoms with Crippen molar-refractivity contribution >= 4 is 10.0 Å². The first-order valence-electron chi connectivity index (χ1n) is 6.43. The first-order valence-corrected chi connectivity index (χ1v) is 8.09. The molecule has 5 nitrogen and oxygen atoms in total. The van der Waals surface area contributed by atoms with Gasteiger partial charge in [0.1, 0.15) is 0 Å². The van der Waals surface area contributed by atoms with E-state index in [9.17, 15) is 8.42 Å². The highest BCUT2D eigenvalue weighted by molar-refractivity contribution is 7.89. The van der Waals surface area contributed by atoms with Crippen molar-refractivity contribution in [3.8, 4) is 0 Å². The smallest absolute Gasteiger partial charge is 0.211 e. The minimum Gasteiger partial charge on any atom is -0.375 e. The minimum absolute atomic E-state index is 0.186. The monoisotopic (exact) mass is 262 g/mol. The normalized spacial score (nSPS) is 32.2. The lowest BCUT2D eigenvalue weighted by molar-refractivity contribution is 0.0932. The van der Waals surface area contributed by atoms with Crippen molar-refractivity contribution in [2.75, 3.05) is 18.8 Å². The van der Waals surface area contributed by atoms with E-state index in [1.807, 2.05) is 0 Å². The Morgan fingerprint density at radius 3 is 2.71 bits per heavy atom. The van der Waals surface area contributed by atoms with Crippen LogP contribution in [0.1, 0.15) is 32.1 Å². The molecular weight excluding hydrogens is 240 g/mol. The van der Waals surface area contributed by atoms with Gasteiger partial charge < -0.3 is 10.5 Å². The largest absolute Gasteiger partial charge is 0.375 e. The molecule has 0 saturated carbocycles. The van der Waals surface area contributed by atoms with Crippen LogP contribution in [0.5, 0.6) is 0 Å². The fraction of sp³-hybridized carbons (Fsp3) is 1.00. The second-order valence-corrected chi connectivity index (χ2v) is 6.96. The quantitative estimate of drug-likeness (QED) is 0.643. The molecule has 0 aromatic heterocycles. The summed E-state index contributed by atoms with van der Waals surface area (Å²) in [7, 11) is -3.12. The van der Waals surface area contributed by atoms with Gasteiger partial charge in [-0.25, -0.2) is 13.1 Å². The van der Waals surface area contributed by atoms with Gasteiger partial charge in [-0.15, -0.1) is 0 Å². The van der Waals surface area contributed by atoms with E-state index in [1.54, 1.807) is 0 Å². The summed E-state index contributed by atoms with van der Waals surface area (Å²) in [5.41, 5.74) is 5.34. The van der Waals surface area contributed by atoms with Crippen LogP contribution in [0.15, 0.2) is 0 Å². The number of ether oxygens (including phenoxy) is 1. The number of fused-ring (bicyclic) bond motifs is 2. The Kier molecular flexibility index (Phi) is 4.41. The molecule has 2 saturated heterocycles. The molecule has 2 aliphatic heterocycles. The van der Waals surface area contributed by atoms with E-state index < -0.39 is 10.0 Å². The predicted molar refractivity (Wildman–Crippen MR) is 66.1 cm³/mol. The third-order valence-electron chi connectivity index (χ3n) is 3.66. The highest BCUT2D eigenvalue weighted by Crippen LogP contribution is 2.38. The molecule has 17 heavy (non-hydrogen) atoms. The van der Waals surface area contributed by atoms with E-state index in [0.29, 0.717) is 31.5 Å². The van der Waals surface area contributed by atoms with Gasteiger partial charge in [0.05, 0.1) is 18.0 Å².